The van der Waals surface area contributed by atoms with Crippen molar-refractivity contribution in [2.75, 3.05) is 37.7 Å². The second kappa shape index (κ2) is 7.34. The zero-order valence-electron chi connectivity index (χ0n) is 13.7. The maximum Gasteiger partial charge on any atom is 0.260 e. The van der Waals surface area contributed by atoms with E-state index in [-0.39, 0.29) is 18.3 Å². The summed E-state index contributed by atoms with van der Waals surface area (Å²) >= 11 is 0. The van der Waals surface area contributed by atoms with Crippen LogP contribution in [0.2, 0.25) is 0 Å². The third kappa shape index (κ3) is 3.85. The summed E-state index contributed by atoms with van der Waals surface area (Å²) in [5, 5.41) is 0. The molecule has 0 radical (unpaired) electrons. The molecule has 5 heteroatoms. The van der Waals surface area contributed by atoms with E-state index >= 15 is 0 Å². The van der Waals surface area contributed by atoms with Crippen LogP contribution < -0.4 is 9.64 Å². The first kappa shape index (κ1) is 16.3. The number of anilines is 1. The molecule has 0 spiro atoms. The Kier molecular flexibility index (Phi) is 4.99. The maximum absolute atomic E-state index is 13.5. The first-order chi connectivity index (χ1) is 11.6. The SMILES string of the molecule is Cc1cccc(N2CCN(C(=O)COc3ccccc3F)CC2)c1. The average molecular weight is 328 g/mol. The fourth-order valence-corrected chi connectivity index (χ4v) is 2.83. The Bertz CT molecular complexity index is 712. The van der Waals surface area contributed by atoms with Crippen LogP contribution in [0.1, 0.15) is 5.56 Å². The van der Waals surface area contributed by atoms with Crippen molar-refractivity contribution in [1.82, 2.24) is 4.90 Å². The maximum atomic E-state index is 13.5. The molecule has 3 rings (SSSR count). The van der Waals surface area contributed by atoms with Gasteiger partial charge >= 0.3 is 0 Å². The highest BCUT2D eigenvalue weighted by molar-refractivity contribution is 5.78. The summed E-state index contributed by atoms with van der Waals surface area (Å²) in [5.74, 6) is -0.444. The van der Waals surface area contributed by atoms with Crippen molar-refractivity contribution < 1.29 is 13.9 Å². The van der Waals surface area contributed by atoms with Crippen molar-refractivity contribution in [3.05, 3.63) is 59.9 Å². The number of ether oxygens (including phenoxy) is 1. The molecule has 0 bridgehead atoms. The second-order valence-corrected chi connectivity index (χ2v) is 5.93. The van der Waals surface area contributed by atoms with Gasteiger partial charge in [-0.2, -0.15) is 0 Å². The Morgan fingerprint density at radius 3 is 2.54 bits per heavy atom. The quantitative estimate of drug-likeness (QED) is 0.865. The Morgan fingerprint density at radius 2 is 1.83 bits per heavy atom. The number of hydrogen-bond acceptors (Lipinski definition) is 3. The standard InChI is InChI=1S/C19H21FN2O2/c1-15-5-4-6-16(13-15)21-9-11-22(12-10-21)19(23)14-24-18-8-3-2-7-17(18)20/h2-8,13H,9-12,14H2,1H3. The molecule has 1 saturated heterocycles. The van der Waals surface area contributed by atoms with Crippen LogP contribution in [-0.4, -0.2) is 43.6 Å². The first-order valence-corrected chi connectivity index (χ1v) is 8.10. The van der Waals surface area contributed by atoms with Gasteiger partial charge in [-0.3, -0.25) is 4.79 Å². The van der Waals surface area contributed by atoms with Gasteiger partial charge in [0.2, 0.25) is 0 Å². The number of rotatable bonds is 4. The van der Waals surface area contributed by atoms with E-state index in [1.807, 2.05) is 6.07 Å². The molecule has 1 fully saturated rings. The third-order valence-corrected chi connectivity index (χ3v) is 4.19. The van der Waals surface area contributed by atoms with E-state index in [9.17, 15) is 9.18 Å². The van der Waals surface area contributed by atoms with Gasteiger partial charge in [0.1, 0.15) is 0 Å². The van der Waals surface area contributed by atoms with Crippen molar-refractivity contribution in [2.24, 2.45) is 0 Å². The van der Waals surface area contributed by atoms with E-state index in [1.165, 1.54) is 23.4 Å². The van der Waals surface area contributed by atoms with Crippen LogP contribution in [0.3, 0.4) is 0 Å². The highest BCUT2D eigenvalue weighted by Crippen LogP contribution is 2.18. The number of nitrogens with zero attached hydrogens (tertiary/aromatic N) is 2. The van der Waals surface area contributed by atoms with Gasteiger partial charge in [0.15, 0.2) is 18.2 Å². The molecule has 1 aliphatic rings. The van der Waals surface area contributed by atoms with Crippen LogP contribution in [0.5, 0.6) is 5.75 Å². The van der Waals surface area contributed by atoms with E-state index in [1.54, 1.807) is 17.0 Å². The van der Waals surface area contributed by atoms with Crippen LogP contribution in [0.15, 0.2) is 48.5 Å². The molecule has 0 N–H and O–H groups in total. The number of amides is 1. The highest BCUT2D eigenvalue weighted by Gasteiger charge is 2.21. The predicted octanol–water partition coefficient (Wildman–Crippen LogP) is 2.86. The van der Waals surface area contributed by atoms with Gasteiger partial charge in [-0.25, -0.2) is 4.39 Å². The summed E-state index contributed by atoms with van der Waals surface area (Å²) < 4.78 is 18.8. The molecule has 1 aliphatic heterocycles. The lowest BCUT2D eigenvalue weighted by Gasteiger charge is -2.36. The molecular weight excluding hydrogens is 307 g/mol. The van der Waals surface area contributed by atoms with Crippen molar-refractivity contribution in [1.29, 1.82) is 0 Å². The number of benzene rings is 2. The van der Waals surface area contributed by atoms with Crippen molar-refractivity contribution in [3.8, 4) is 5.75 Å². The molecular formula is C19H21FN2O2. The number of halogens is 1. The molecule has 4 nitrogen and oxygen atoms in total. The van der Waals surface area contributed by atoms with Gasteiger partial charge in [-0.05, 0) is 36.8 Å². The number of para-hydroxylation sites is 1. The van der Waals surface area contributed by atoms with E-state index in [2.05, 4.69) is 30.0 Å². The number of hydrogen-bond donors (Lipinski definition) is 0. The van der Waals surface area contributed by atoms with E-state index in [0.717, 1.165) is 13.1 Å². The zero-order chi connectivity index (χ0) is 16.9. The van der Waals surface area contributed by atoms with Crippen molar-refractivity contribution >= 4 is 11.6 Å². The molecule has 0 aliphatic carbocycles. The number of carbonyl (C=O) groups excluding carboxylic acids is 1. The van der Waals surface area contributed by atoms with Crippen molar-refractivity contribution in [2.45, 2.75) is 6.92 Å². The van der Waals surface area contributed by atoms with Gasteiger partial charge in [-0.1, -0.05) is 24.3 Å². The lowest BCUT2D eigenvalue weighted by atomic mass is 10.2. The van der Waals surface area contributed by atoms with Crippen molar-refractivity contribution in [3.63, 3.8) is 0 Å². The average Bonchev–Trinajstić information content (AvgIpc) is 2.61. The van der Waals surface area contributed by atoms with E-state index in [4.69, 9.17) is 4.74 Å². The zero-order valence-corrected chi connectivity index (χ0v) is 13.7. The Hall–Kier alpha value is -2.56. The van der Waals surface area contributed by atoms with Crippen LogP contribution in [0.25, 0.3) is 0 Å². The molecule has 0 atom stereocenters. The van der Waals surface area contributed by atoms with E-state index in [0.29, 0.717) is 13.1 Å². The fraction of sp³-hybridized carbons (Fsp3) is 0.316. The summed E-state index contributed by atoms with van der Waals surface area (Å²) in [6, 6.07) is 14.5. The topological polar surface area (TPSA) is 32.8 Å². The summed E-state index contributed by atoms with van der Waals surface area (Å²) in [7, 11) is 0. The van der Waals surface area contributed by atoms with Gasteiger partial charge in [0.05, 0.1) is 0 Å². The van der Waals surface area contributed by atoms with E-state index < -0.39 is 5.82 Å². The van der Waals surface area contributed by atoms with Crippen LogP contribution in [0.4, 0.5) is 10.1 Å². The van der Waals surface area contributed by atoms with Gasteiger partial charge in [-0.15, -0.1) is 0 Å². The Morgan fingerprint density at radius 1 is 1.08 bits per heavy atom. The highest BCUT2D eigenvalue weighted by atomic mass is 19.1. The first-order valence-electron chi connectivity index (χ1n) is 8.10. The van der Waals surface area contributed by atoms with Crippen LogP contribution in [0, 0.1) is 12.7 Å². The smallest absolute Gasteiger partial charge is 0.260 e. The molecule has 126 valence electrons. The minimum atomic E-state index is -0.449. The molecule has 24 heavy (non-hydrogen) atoms. The predicted molar refractivity (Wildman–Crippen MR) is 91.9 cm³/mol. The number of carbonyl (C=O) groups is 1. The molecule has 2 aromatic rings. The number of piperazine rings is 1. The molecule has 2 aromatic carbocycles. The van der Waals surface area contributed by atoms with Gasteiger partial charge in [0.25, 0.3) is 5.91 Å². The Labute approximate surface area is 141 Å². The molecule has 1 heterocycles. The molecule has 0 saturated carbocycles. The van der Waals surface area contributed by atoms with Gasteiger partial charge in [0, 0.05) is 31.9 Å². The van der Waals surface area contributed by atoms with Crippen LogP contribution >= 0.6 is 0 Å². The lowest BCUT2D eigenvalue weighted by Crippen LogP contribution is -2.50. The fourth-order valence-electron chi connectivity index (χ4n) is 2.83. The monoisotopic (exact) mass is 328 g/mol. The summed E-state index contributed by atoms with van der Waals surface area (Å²) in [4.78, 5) is 16.3. The lowest BCUT2D eigenvalue weighted by molar-refractivity contribution is -0.133. The summed E-state index contributed by atoms with van der Waals surface area (Å²) in [5.41, 5.74) is 2.41. The summed E-state index contributed by atoms with van der Waals surface area (Å²) in [6.45, 7) is 4.80. The summed E-state index contributed by atoms with van der Waals surface area (Å²) in [6.07, 6.45) is 0. The molecule has 0 unspecified atom stereocenters. The van der Waals surface area contributed by atoms with Gasteiger partial charge < -0.3 is 14.5 Å². The Balaban J connectivity index is 1.51. The minimum Gasteiger partial charge on any atom is -0.481 e. The molecule has 0 aromatic heterocycles. The van der Waals surface area contributed by atoms with Crippen LogP contribution in [-0.2, 0) is 4.79 Å². The largest absolute Gasteiger partial charge is 0.481 e. The normalized spacial score (nSPS) is 14.6. The third-order valence-electron chi connectivity index (χ3n) is 4.19. The molecule has 1 amide bonds. The minimum absolute atomic E-state index is 0.109. The second-order valence-electron chi connectivity index (χ2n) is 5.93. The number of aryl methyl sites for hydroxylation is 1.